The van der Waals surface area contributed by atoms with Crippen molar-refractivity contribution in [3.8, 4) is 0 Å². The molecule has 3 N–H and O–H groups in total. The molecular formula is C10H17N3O2S. The summed E-state index contributed by atoms with van der Waals surface area (Å²) in [5.41, 5.74) is 6.31. The quantitative estimate of drug-likeness (QED) is 0.764. The van der Waals surface area contributed by atoms with Crippen LogP contribution in [-0.2, 0) is 4.74 Å². The van der Waals surface area contributed by atoms with Gasteiger partial charge in [0.2, 0.25) is 0 Å². The number of nitrogens with zero attached hydrogens (tertiary/aromatic N) is 1. The van der Waals surface area contributed by atoms with Crippen molar-refractivity contribution in [2.75, 3.05) is 18.5 Å². The monoisotopic (exact) mass is 243 g/mol. The molecule has 0 amide bonds. The van der Waals surface area contributed by atoms with Crippen LogP contribution in [0.2, 0.25) is 0 Å². The van der Waals surface area contributed by atoms with E-state index < -0.39 is 0 Å². The van der Waals surface area contributed by atoms with Crippen molar-refractivity contribution in [2.24, 2.45) is 5.73 Å². The second kappa shape index (κ2) is 5.81. The average Bonchev–Trinajstić information content (AvgIpc) is 2.57. The highest BCUT2D eigenvalue weighted by Gasteiger charge is 2.16. The zero-order valence-electron chi connectivity index (χ0n) is 9.74. The van der Waals surface area contributed by atoms with Crippen molar-refractivity contribution in [1.82, 2.24) is 4.98 Å². The molecular weight excluding hydrogens is 226 g/mol. The average molecular weight is 243 g/mol. The zero-order chi connectivity index (χ0) is 12.1. The van der Waals surface area contributed by atoms with Gasteiger partial charge < -0.3 is 15.8 Å². The van der Waals surface area contributed by atoms with Gasteiger partial charge in [-0.25, -0.2) is 9.78 Å². The van der Waals surface area contributed by atoms with E-state index in [1.807, 2.05) is 6.92 Å². The highest BCUT2D eigenvalue weighted by Crippen LogP contribution is 2.23. The number of carbonyl (C=O) groups excluding carboxylic acids is 1. The Morgan fingerprint density at radius 3 is 2.94 bits per heavy atom. The first-order chi connectivity index (χ1) is 7.54. The molecule has 1 aromatic heterocycles. The summed E-state index contributed by atoms with van der Waals surface area (Å²) in [6.45, 7) is 6.48. The molecule has 0 radical (unpaired) electrons. The van der Waals surface area contributed by atoms with E-state index in [1.165, 1.54) is 11.3 Å². The first-order valence-corrected chi connectivity index (χ1v) is 6.00. The van der Waals surface area contributed by atoms with Crippen LogP contribution in [0.5, 0.6) is 0 Å². The molecule has 16 heavy (non-hydrogen) atoms. The van der Waals surface area contributed by atoms with Crippen molar-refractivity contribution in [1.29, 1.82) is 0 Å². The van der Waals surface area contributed by atoms with E-state index in [9.17, 15) is 4.79 Å². The number of ether oxygens (including phenoxy) is 1. The molecule has 0 spiro atoms. The molecule has 0 aromatic carbocycles. The maximum Gasteiger partial charge on any atom is 0.350 e. The van der Waals surface area contributed by atoms with Crippen LogP contribution >= 0.6 is 11.3 Å². The molecule has 1 aromatic rings. The van der Waals surface area contributed by atoms with E-state index in [0.29, 0.717) is 28.9 Å². The topological polar surface area (TPSA) is 77.2 Å². The van der Waals surface area contributed by atoms with Gasteiger partial charge >= 0.3 is 5.97 Å². The number of anilines is 1. The van der Waals surface area contributed by atoms with Crippen LogP contribution in [0.15, 0.2) is 0 Å². The molecule has 0 aliphatic rings. The SMILES string of the molecule is CCOC(=O)c1sc(NC[C@@H](C)N)nc1C. The van der Waals surface area contributed by atoms with Crippen molar-refractivity contribution >= 4 is 22.4 Å². The Labute approximate surface area is 99.0 Å². The van der Waals surface area contributed by atoms with Crippen molar-refractivity contribution in [3.05, 3.63) is 10.6 Å². The van der Waals surface area contributed by atoms with E-state index in [1.54, 1.807) is 13.8 Å². The molecule has 0 unspecified atom stereocenters. The molecule has 0 aliphatic heterocycles. The molecule has 1 rings (SSSR count). The van der Waals surface area contributed by atoms with Crippen LogP contribution in [0.1, 0.15) is 29.2 Å². The highest BCUT2D eigenvalue weighted by molar-refractivity contribution is 7.17. The third kappa shape index (κ3) is 3.46. The molecule has 1 atom stereocenters. The summed E-state index contributed by atoms with van der Waals surface area (Å²) in [4.78, 5) is 16.3. The predicted molar refractivity (Wildman–Crippen MR) is 64.9 cm³/mol. The number of rotatable bonds is 5. The number of nitrogens with one attached hydrogen (secondary N) is 1. The van der Waals surface area contributed by atoms with Crippen LogP contribution in [0, 0.1) is 6.92 Å². The fourth-order valence-corrected chi connectivity index (χ4v) is 1.97. The number of nitrogens with two attached hydrogens (primary N) is 1. The van der Waals surface area contributed by atoms with E-state index in [-0.39, 0.29) is 12.0 Å². The van der Waals surface area contributed by atoms with Crippen LogP contribution in [0.25, 0.3) is 0 Å². The standard InChI is InChI=1S/C10H17N3O2S/c1-4-15-9(14)8-7(3)13-10(16-8)12-5-6(2)11/h6H,4-5,11H2,1-3H3,(H,12,13)/t6-/m1/s1. The number of thiazole rings is 1. The Kier molecular flexibility index (Phi) is 4.70. The molecule has 6 heteroatoms. The third-order valence-electron chi connectivity index (χ3n) is 1.83. The van der Waals surface area contributed by atoms with E-state index >= 15 is 0 Å². The predicted octanol–water partition coefficient (Wildman–Crippen LogP) is 1.39. The summed E-state index contributed by atoms with van der Waals surface area (Å²) >= 11 is 1.30. The number of hydrogen-bond donors (Lipinski definition) is 2. The minimum absolute atomic E-state index is 0.0512. The summed E-state index contributed by atoms with van der Waals surface area (Å²) in [5, 5.41) is 3.78. The van der Waals surface area contributed by atoms with Gasteiger partial charge in [0.1, 0.15) is 4.88 Å². The van der Waals surface area contributed by atoms with Crippen LogP contribution in [-0.4, -0.2) is 30.1 Å². The molecule has 90 valence electrons. The van der Waals surface area contributed by atoms with Crippen molar-refractivity contribution in [2.45, 2.75) is 26.8 Å². The van der Waals surface area contributed by atoms with Gasteiger partial charge in [-0.3, -0.25) is 0 Å². The maximum atomic E-state index is 11.5. The third-order valence-corrected chi connectivity index (χ3v) is 2.93. The van der Waals surface area contributed by atoms with Crippen molar-refractivity contribution < 1.29 is 9.53 Å². The fourth-order valence-electron chi connectivity index (χ4n) is 1.11. The summed E-state index contributed by atoms with van der Waals surface area (Å²) in [7, 11) is 0. The van der Waals surface area contributed by atoms with Crippen LogP contribution in [0.3, 0.4) is 0 Å². The smallest absolute Gasteiger partial charge is 0.350 e. The lowest BCUT2D eigenvalue weighted by molar-refractivity contribution is 0.0531. The van der Waals surface area contributed by atoms with Gasteiger partial charge in [0.05, 0.1) is 12.3 Å². The van der Waals surface area contributed by atoms with Crippen LogP contribution in [0.4, 0.5) is 5.13 Å². The normalized spacial score (nSPS) is 12.2. The Morgan fingerprint density at radius 2 is 2.38 bits per heavy atom. The number of aryl methyl sites for hydroxylation is 1. The number of hydrogen-bond acceptors (Lipinski definition) is 6. The molecule has 5 nitrogen and oxygen atoms in total. The summed E-state index contributed by atoms with van der Waals surface area (Å²) < 4.78 is 4.93. The Balaban J connectivity index is 2.69. The second-order valence-corrected chi connectivity index (χ2v) is 4.51. The molecule has 1 heterocycles. The lowest BCUT2D eigenvalue weighted by atomic mass is 10.4. The van der Waals surface area contributed by atoms with Crippen LogP contribution < -0.4 is 11.1 Å². The highest BCUT2D eigenvalue weighted by atomic mass is 32.1. The first kappa shape index (κ1) is 12.9. The van der Waals surface area contributed by atoms with E-state index in [0.717, 1.165) is 0 Å². The maximum absolute atomic E-state index is 11.5. The molecule has 0 saturated carbocycles. The summed E-state index contributed by atoms with van der Waals surface area (Å²) in [6.07, 6.45) is 0. The van der Waals surface area contributed by atoms with Gasteiger partial charge in [-0.1, -0.05) is 11.3 Å². The van der Waals surface area contributed by atoms with Gasteiger partial charge in [-0.05, 0) is 20.8 Å². The van der Waals surface area contributed by atoms with E-state index in [2.05, 4.69) is 10.3 Å². The first-order valence-electron chi connectivity index (χ1n) is 5.18. The van der Waals surface area contributed by atoms with Gasteiger partial charge in [0, 0.05) is 12.6 Å². The summed E-state index contributed by atoms with van der Waals surface area (Å²) in [6, 6.07) is 0.0512. The Bertz CT molecular complexity index is 363. The molecule has 0 bridgehead atoms. The van der Waals surface area contributed by atoms with Gasteiger partial charge in [-0.15, -0.1) is 0 Å². The Morgan fingerprint density at radius 1 is 1.69 bits per heavy atom. The molecule has 0 saturated heterocycles. The lowest BCUT2D eigenvalue weighted by Gasteiger charge is -2.04. The lowest BCUT2D eigenvalue weighted by Crippen LogP contribution is -2.25. The second-order valence-electron chi connectivity index (χ2n) is 3.51. The molecule has 0 aliphatic carbocycles. The van der Waals surface area contributed by atoms with E-state index in [4.69, 9.17) is 10.5 Å². The van der Waals surface area contributed by atoms with Crippen molar-refractivity contribution in [3.63, 3.8) is 0 Å². The van der Waals surface area contributed by atoms with Gasteiger partial charge in [-0.2, -0.15) is 0 Å². The zero-order valence-corrected chi connectivity index (χ0v) is 10.6. The number of aromatic nitrogens is 1. The fraction of sp³-hybridized carbons (Fsp3) is 0.600. The number of carbonyl (C=O) groups is 1. The minimum Gasteiger partial charge on any atom is -0.462 e. The van der Waals surface area contributed by atoms with Gasteiger partial charge in [0.25, 0.3) is 0 Å². The Hall–Kier alpha value is -1.14. The summed E-state index contributed by atoms with van der Waals surface area (Å²) in [5.74, 6) is -0.314. The largest absolute Gasteiger partial charge is 0.462 e. The number of esters is 1. The minimum atomic E-state index is -0.314. The molecule has 0 fully saturated rings. The van der Waals surface area contributed by atoms with Gasteiger partial charge in [0.15, 0.2) is 5.13 Å².